The van der Waals surface area contributed by atoms with Gasteiger partial charge in [0.1, 0.15) is 0 Å². The van der Waals surface area contributed by atoms with Crippen molar-refractivity contribution in [3.05, 3.63) is 0 Å². The predicted molar refractivity (Wildman–Crippen MR) is 44.7 cm³/mol. The minimum absolute atomic E-state index is 0. The monoisotopic (exact) mass is 240 g/mol. The van der Waals surface area contributed by atoms with Gasteiger partial charge in [0.05, 0.1) is 11.5 Å². The lowest BCUT2D eigenvalue weighted by molar-refractivity contribution is 0.477. The fraction of sp³-hybridized carbons (Fsp3) is 1.00. The normalized spacial score (nSPS) is 11.2. The van der Waals surface area contributed by atoms with Gasteiger partial charge in [-0.3, -0.25) is 9.11 Å². The molecule has 0 aromatic rings. The van der Waals surface area contributed by atoms with Crippen LogP contribution >= 0.6 is 0 Å². The molecule has 0 amide bonds. The van der Waals surface area contributed by atoms with Crippen molar-refractivity contribution in [3.8, 4) is 0 Å². The Bertz CT molecular complexity index is 266. The number of rotatable bonds is 4. The van der Waals surface area contributed by atoms with E-state index < -0.39 is 31.7 Å². The summed E-state index contributed by atoms with van der Waals surface area (Å²) in [5.41, 5.74) is 0. The van der Waals surface area contributed by atoms with Crippen LogP contribution in [-0.2, 0) is 20.2 Å². The van der Waals surface area contributed by atoms with Crippen molar-refractivity contribution >= 4 is 20.2 Å². The van der Waals surface area contributed by atoms with E-state index in [1.54, 1.807) is 0 Å². The summed E-state index contributed by atoms with van der Waals surface area (Å²) >= 11 is 0. The lowest BCUT2D eigenvalue weighted by atomic mass is 10.6. The van der Waals surface area contributed by atoms with Gasteiger partial charge in [0.15, 0.2) is 0 Å². The first-order chi connectivity index (χ1) is 4.71. The Morgan fingerprint density at radius 1 is 0.769 bits per heavy atom. The Morgan fingerprint density at radius 3 is 1.15 bits per heavy atom. The second kappa shape index (κ2) is 6.23. The summed E-state index contributed by atoms with van der Waals surface area (Å²) in [6, 6.07) is 0. The standard InChI is InChI=1S/C3H8O6S2.2H2O/c4-10(5,6)2-1-3-11(7,8)9;;/h1-3H2,(H,4,5,6)(H,7,8,9);2*1H2. The van der Waals surface area contributed by atoms with Gasteiger partial charge in [0.25, 0.3) is 20.2 Å². The molecule has 0 unspecified atom stereocenters. The van der Waals surface area contributed by atoms with Crippen LogP contribution in [0.25, 0.3) is 0 Å². The van der Waals surface area contributed by atoms with Crippen LogP contribution in [0.2, 0.25) is 0 Å². The maximum atomic E-state index is 10.00. The molecule has 0 saturated carbocycles. The zero-order valence-electron chi connectivity index (χ0n) is 6.47. The lowest BCUT2D eigenvalue weighted by Crippen LogP contribution is -2.10. The fourth-order valence-corrected chi connectivity index (χ4v) is 1.62. The molecule has 6 N–H and O–H groups in total. The van der Waals surface area contributed by atoms with Gasteiger partial charge >= 0.3 is 0 Å². The molecular weight excluding hydrogens is 228 g/mol. The molecule has 0 aromatic carbocycles. The van der Waals surface area contributed by atoms with E-state index in [0.717, 1.165) is 0 Å². The highest BCUT2D eigenvalue weighted by atomic mass is 32.2. The summed E-state index contributed by atoms with van der Waals surface area (Å²) in [6.07, 6.45) is -0.308. The van der Waals surface area contributed by atoms with E-state index in [9.17, 15) is 16.8 Å². The Kier molecular flexibility index (Phi) is 8.87. The Hall–Kier alpha value is -0.260. The van der Waals surface area contributed by atoms with E-state index in [1.165, 1.54) is 0 Å². The molecule has 0 radical (unpaired) electrons. The quantitative estimate of drug-likeness (QED) is 0.514. The van der Waals surface area contributed by atoms with Gasteiger partial charge in [-0.05, 0) is 6.42 Å². The average molecular weight is 240 g/mol. The molecule has 0 fully saturated rings. The Balaban J connectivity index is -0.000000500. The maximum Gasteiger partial charge on any atom is 0.264 e. The summed E-state index contributed by atoms with van der Waals surface area (Å²) in [6.45, 7) is 0. The summed E-state index contributed by atoms with van der Waals surface area (Å²) in [4.78, 5) is 0. The largest absolute Gasteiger partial charge is 0.412 e. The van der Waals surface area contributed by atoms with Crippen LogP contribution in [-0.4, -0.2) is 48.4 Å². The second-order valence-electron chi connectivity index (χ2n) is 1.93. The van der Waals surface area contributed by atoms with E-state index in [4.69, 9.17) is 9.11 Å². The third-order valence-corrected chi connectivity index (χ3v) is 2.41. The van der Waals surface area contributed by atoms with Gasteiger partial charge in [-0.25, -0.2) is 0 Å². The maximum absolute atomic E-state index is 10.00. The molecule has 10 heteroatoms. The van der Waals surface area contributed by atoms with Crippen molar-refractivity contribution in [1.82, 2.24) is 0 Å². The van der Waals surface area contributed by atoms with E-state index in [-0.39, 0.29) is 17.4 Å². The van der Waals surface area contributed by atoms with Gasteiger partial charge in [0, 0.05) is 0 Å². The van der Waals surface area contributed by atoms with Gasteiger partial charge in [0.2, 0.25) is 0 Å². The molecule has 0 aliphatic carbocycles. The molecule has 0 aromatic heterocycles. The van der Waals surface area contributed by atoms with Crippen molar-refractivity contribution in [3.63, 3.8) is 0 Å². The van der Waals surface area contributed by atoms with Crippen LogP contribution in [0.3, 0.4) is 0 Å². The topological polar surface area (TPSA) is 172 Å². The van der Waals surface area contributed by atoms with Crippen molar-refractivity contribution in [2.45, 2.75) is 6.42 Å². The summed E-state index contributed by atoms with van der Waals surface area (Å²) in [7, 11) is -8.24. The minimum Gasteiger partial charge on any atom is -0.412 e. The summed E-state index contributed by atoms with van der Waals surface area (Å²) < 4.78 is 56.2. The molecule has 0 atom stereocenters. The third-order valence-electron chi connectivity index (χ3n) is 0.805. The highest BCUT2D eigenvalue weighted by Crippen LogP contribution is 1.92. The molecule has 0 bridgehead atoms. The molecule has 8 nitrogen and oxygen atoms in total. The predicted octanol–water partition coefficient (Wildman–Crippen LogP) is -2.50. The van der Waals surface area contributed by atoms with Crippen LogP contribution < -0.4 is 0 Å². The molecule has 0 aliphatic rings. The molecule has 13 heavy (non-hydrogen) atoms. The number of hydrogen-bond acceptors (Lipinski definition) is 4. The van der Waals surface area contributed by atoms with Crippen molar-refractivity contribution in [1.29, 1.82) is 0 Å². The van der Waals surface area contributed by atoms with E-state index >= 15 is 0 Å². The highest BCUT2D eigenvalue weighted by molar-refractivity contribution is 7.86. The summed E-state index contributed by atoms with van der Waals surface area (Å²) in [5, 5.41) is 0. The fourth-order valence-electron chi connectivity index (χ4n) is 0.424. The van der Waals surface area contributed by atoms with Gasteiger partial charge < -0.3 is 11.0 Å². The first-order valence-corrected chi connectivity index (χ1v) is 5.83. The number of hydrogen-bond donors (Lipinski definition) is 2. The van der Waals surface area contributed by atoms with E-state index in [0.29, 0.717) is 0 Å². The first kappa shape index (κ1) is 18.5. The van der Waals surface area contributed by atoms with Crippen molar-refractivity contribution < 1.29 is 36.9 Å². The van der Waals surface area contributed by atoms with E-state index in [1.807, 2.05) is 0 Å². The molecular formula is C3H12O8S2. The zero-order valence-corrected chi connectivity index (χ0v) is 8.10. The van der Waals surface area contributed by atoms with Crippen LogP contribution in [0.4, 0.5) is 0 Å². The Morgan fingerprint density at radius 2 is 1.00 bits per heavy atom. The molecule has 0 saturated heterocycles. The zero-order chi connectivity index (χ0) is 9.12. The van der Waals surface area contributed by atoms with Crippen LogP contribution in [0.15, 0.2) is 0 Å². The highest BCUT2D eigenvalue weighted by Gasteiger charge is 2.08. The van der Waals surface area contributed by atoms with Crippen LogP contribution in [0, 0.1) is 0 Å². The third kappa shape index (κ3) is 18.6. The molecule has 0 rings (SSSR count). The van der Waals surface area contributed by atoms with Gasteiger partial charge in [-0.2, -0.15) is 16.8 Å². The smallest absolute Gasteiger partial charge is 0.264 e. The molecule has 0 heterocycles. The van der Waals surface area contributed by atoms with Crippen molar-refractivity contribution in [2.24, 2.45) is 0 Å². The van der Waals surface area contributed by atoms with Gasteiger partial charge in [-0.15, -0.1) is 0 Å². The lowest BCUT2D eigenvalue weighted by Gasteiger charge is -1.94. The molecule has 84 valence electrons. The van der Waals surface area contributed by atoms with Gasteiger partial charge in [-0.1, -0.05) is 0 Å². The van der Waals surface area contributed by atoms with E-state index in [2.05, 4.69) is 0 Å². The molecule has 0 aliphatic heterocycles. The second-order valence-corrected chi connectivity index (χ2v) is 5.07. The average Bonchev–Trinajstić information content (AvgIpc) is 1.55. The van der Waals surface area contributed by atoms with Crippen LogP contribution in [0.1, 0.15) is 6.42 Å². The summed E-state index contributed by atoms with van der Waals surface area (Å²) in [5.74, 6) is -1.32. The Labute approximate surface area is 75.7 Å². The SMILES string of the molecule is O.O.O=S(=O)(O)CCCS(=O)(=O)O. The first-order valence-electron chi connectivity index (χ1n) is 2.61. The van der Waals surface area contributed by atoms with Crippen molar-refractivity contribution in [2.75, 3.05) is 11.5 Å². The minimum atomic E-state index is -4.12. The molecule has 0 spiro atoms. The van der Waals surface area contributed by atoms with Crippen LogP contribution in [0.5, 0.6) is 0 Å².